The van der Waals surface area contributed by atoms with Crippen LogP contribution in [0.2, 0.25) is 0 Å². The van der Waals surface area contributed by atoms with E-state index in [-0.39, 0.29) is 39.1 Å². The molecule has 0 saturated heterocycles. The molecule has 2 N–H and O–H groups in total. The molecule has 0 amide bonds. The van der Waals surface area contributed by atoms with Crippen LogP contribution in [0.25, 0.3) is 11.0 Å². The number of fused-ring (bicyclic) bond motifs is 1. The summed E-state index contributed by atoms with van der Waals surface area (Å²) in [4.78, 5) is 12.3. The van der Waals surface area contributed by atoms with Crippen LogP contribution in [-0.2, 0) is 0 Å². The average molecular weight is 300 g/mol. The summed E-state index contributed by atoms with van der Waals surface area (Å²) in [5.41, 5.74) is -0.189. The van der Waals surface area contributed by atoms with E-state index >= 15 is 0 Å². The largest absolute Gasteiger partial charge is 0.872 e. The van der Waals surface area contributed by atoms with Gasteiger partial charge in [-0.15, -0.1) is 11.0 Å². The summed E-state index contributed by atoms with van der Waals surface area (Å²) in [6.07, 6.45) is 1.10. The van der Waals surface area contributed by atoms with Gasteiger partial charge in [0.05, 0.1) is 11.1 Å². The van der Waals surface area contributed by atoms with Crippen molar-refractivity contribution in [2.24, 2.45) is 0 Å². The highest BCUT2D eigenvalue weighted by molar-refractivity contribution is 5.78. The quantitative estimate of drug-likeness (QED) is 0.714. The molecule has 0 aliphatic carbocycles. The lowest BCUT2D eigenvalue weighted by Crippen LogP contribution is -2.11. The number of hydrogen-bond acceptors (Lipinski definition) is 7. The third-order valence-corrected chi connectivity index (χ3v) is 2.99. The molecule has 3 rings (SSSR count). The van der Waals surface area contributed by atoms with E-state index in [4.69, 9.17) is 19.6 Å². The number of nitrogens with zero attached hydrogens (tertiary/aromatic N) is 1. The average Bonchev–Trinajstić information content (AvgIpc) is 2.50. The highest BCUT2D eigenvalue weighted by Crippen LogP contribution is 2.25. The van der Waals surface area contributed by atoms with E-state index in [2.05, 4.69) is 0 Å². The highest BCUT2D eigenvalue weighted by Gasteiger charge is 2.10. The molecule has 7 nitrogen and oxygen atoms in total. The number of ether oxygens (including phenoxy) is 1. The molecule has 1 aromatic heterocycles. The second kappa shape index (κ2) is 5.40. The first kappa shape index (κ1) is 13.9. The van der Waals surface area contributed by atoms with Gasteiger partial charge in [-0.05, 0) is 24.3 Å². The van der Waals surface area contributed by atoms with Crippen molar-refractivity contribution in [2.75, 3.05) is 5.23 Å². The lowest BCUT2D eigenvalue weighted by Gasteiger charge is -2.10. The van der Waals surface area contributed by atoms with Crippen LogP contribution in [-0.4, -0.2) is 10.4 Å². The molecule has 3 aromatic rings. The van der Waals surface area contributed by atoms with E-state index in [1.807, 2.05) is 0 Å². The molecule has 2 aromatic carbocycles. The first-order valence-corrected chi connectivity index (χ1v) is 6.23. The van der Waals surface area contributed by atoms with Crippen LogP contribution in [0.15, 0.2) is 57.9 Å². The Bertz CT molecular complexity index is 887. The van der Waals surface area contributed by atoms with Crippen molar-refractivity contribution in [3.05, 3.63) is 59.0 Å². The van der Waals surface area contributed by atoms with E-state index in [1.54, 1.807) is 0 Å². The number of benzene rings is 2. The molecule has 0 radical (unpaired) electrons. The molecule has 0 unspecified atom stereocenters. The Balaban J connectivity index is 2.01. The predicted molar refractivity (Wildman–Crippen MR) is 74.5 cm³/mol. The standard InChI is InChI=1S/C15H11NO6/c17-10-4-5-12-13(7-10)21-8-14(15(12)18)22-11-3-1-2-9(6-11)16(19)20/h1-8,17,19-20H/p-1. The molecule has 112 valence electrons. The molecule has 0 atom stereocenters. The Morgan fingerprint density at radius 1 is 1.14 bits per heavy atom. The molecular formula is C15H10NO6-. The van der Waals surface area contributed by atoms with Crippen molar-refractivity contribution < 1.29 is 24.7 Å². The summed E-state index contributed by atoms with van der Waals surface area (Å²) in [7, 11) is 0. The summed E-state index contributed by atoms with van der Waals surface area (Å²) < 4.78 is 10.6. The Labute approximate surface area is 123 Å². The minimum atomic E-state index is -0.434. The maximum atomic E-state index is 12.3. The summed E-state index contributed by atoms with van der Waals surface area (Å²) in [6, 6.07) is 9.68. The van der Waals surface area contributed by atoms with Crippen LogP contribution in [0.4, 0.5) is 5.69 Å². The van der Waals surface area contributed by atoms with Gasteiger partial charge in [-0.25, -0.2) is 0 Å². The minimum absolute atomic E-state index is 0.0640. The monoisotopic (exact) mass is 300 g/mol. The zero-order valence-electron chi connectivity index (χ0n) is 11.1. The van der Waals surface area contributed by atoms with Crippen molar-refractivity contribution in [3.63, 3.8) is 0 Å². The van der Waals surface area contributed by atoms with Crippen LogP contribution in [0, 0.1) is 0 Å². The van der Waals surface area contributed by atoms with Gasteiger partial charge in [-0.3, -0.25) is 15.2 Å². The zero-order chi connectivity index (χ0) is 15.7. The molecule has 0 spiro atoms. The van der Waals surface area contributed by atoms with Gasteiger partial charge in [0.25, 0.3) is 0 Å². The first-order chi connectivity index (χ1) is 10.5. The van der Waals surface area contributed by atoms with Gasteiger partial charge >= 0.3 is 0 Å². The fraction of sp³-hybridized carbons (Fsp3) is 0. The van der Waals surface area contributed by atoms with Gasteiger partial charge in [0.1, 0.15) is 17.6 Å². The second-order valence-corrected chi connectivity index (χ2v) is 4.48. The maximum absolute atomic E-state index is 12.3. The van der Waals surface area contributed by atoms with E-state index < -0.39 is 5.43 Å². The smallest absolute Gasteiger partial charge is 0.235 e. The Morgan fingerprint density at radius 2 is 1.95 bits per heavy atom. The summed E-state index contributed by atoms with van der Waals surface area (Å²) in [6.45, 7) is 0. The van der Waals surface area contributed by atoms with Gasteiger partial charge in [-0.1, -0.05) is 12.1 Å². The van der Waals surface area contributed by atoms with Gasteiger partial charge in [0.2, 0.25) is 11.2 Å². The van der Waals surface area contributed by atoms with Crippen molar-refractivity contribution >= 4 is 16.7 Å². The van der Waals surface area contributed by atoms with Gasteiger partial charge in [-0.2, -0.15) is 0 Å². The lowest BCUT2D eigenvalue weighted by atomic mass is 10.2. The molecule has 22 heavy (non-hydrogen) atoms. The minimum Gasteiger partial charge on any atom is -0.872 e. The molecular weight excluding hydrogens is 290 g/mol. The fourth-order valence-electron chi connectivity index (χ4n) is 1.96. The van der Waals surface area contributed by atoms with Crippen LogP contribution in [0.3, 0.4) is 0 Å². The number of rotatable bonds is 3. The Morgan fingerprint density at radius 3 is 2.73 bits per heavy atom. The molecule has 0 saturated carbocycles. The van der Waals surface area contributed by atoms with Crippen molar-refractivity contribution in [2.45, 2.75) is 0 Å². The molecule has 0 aliphatic rings. The molecule has 7 heteroatoms. The van der Waals surface area contributed by atoms with Gasteiger partial charge < -0.3 is 14.3 Å². The summed E-state index contributed by atoms with van der Waals surface area (Å²) in [5, 5.41) is 29.3. The first-order valence-electron chi connectivity index (χ1n) is 6.23. The van der Waals surface area contributed by atoms with Crippen LogP contribution < -0.4 is 20.5 Å². The van der Waals surface area contributed by atoms with E-state index in [1.165, 1.54) is 42.5 Å². The molecule has 1 heterocycles. The fourth-order valence-corrected chi connectivity index (χ4v) is 1.96. The predicted octanol–water partition coefficient (Wildman–Crippen LogP) is 2.24. The maximum Gasteiger partial charge on any atom is 0.235 e. The Kier molecular flexibility index (Phi) is 3.42. The van der Waals surface area contributed by atoms with Crippen LogP contribution >= 0.6 is 0 Å². The van der Waals surface area contributed by atoms with Crippen molar-refractivity contribution in [1.29, 1.82) is 0 Å². The normalized spacial score (nSPS) is 10.6. The summed E-state index contributed by atoms with van der Waals surface area (Å²) >= 11 is 0. The van der Waals surface area contributed by atoms with Crippen LogP contribution in [0.5, 0.6) is 17.2 Å². The number of anilines is 1. The summed E-state index contributed by atoms with van der Waals surface area (Å²) in [5.74, 6) is -0.119. The second-order valence-electron chi connectivity index (χ2n) is 4.48. The van der Waals surface area contributed by atoms with E-state index in [0.29, 0.717) is 0 Å². The van der Waals surface area contributed by atoms with Crippen molar-refractivity contribution in [1.82, 2.24) is 0 Å². The SMILES string of the molecule is O=c1c(Oc2cccc(N(O)O)c2)coc2cc([O-])ccc12. The lowest BCUT2D eigenvalue weighted by molar-refractivity contribution is -0.268. The Hall–Kier alpha value is -3.03. The molecule has 0 fully saturated rings. The third kappa shape index (κ3) is 2.58. The molecule has 0 aliphatic heterocycles. The highest BCUT2D eigenvalue weighted by atomic mass is 16.8. The van der Waals surface area contributed by atoms with Crippen molar-refractivity contribution in [3.8, 4) is 17.2 Å². The third-order valence-electron chi connectivity index (χ3n) is 2.99. The van der Waals surface area contributed by atoms with Gasteiger partial charge in [0, 0.05) is 6.07 Å². The van der Waals surface area contributed by atoms with E-state index in [9.17, 15) is 9.90 Å². The zero-order valence-corrected chi connectivity index (χ0v) is 11.1. The van der Waals surface area contributed by atoms with Crippen LogP contribution in [0.1, 0.15) is 0 Å². The molecule has 0 bridgehead atoms. The van der Waals surface area contributed by atoms with E-state index in [0.717, 1.165) is 6.26 Å². The topological polar surface area (TPSA) is 106 Å². The van der Waals surface area contributed by atoms with Gasteiger partial charge in [0.15, 0.2) is 0 Å². The number of hydrogen-bond donors (Lipinski definition) is 2.